The Morgan fingerprint density at radius 3 is 1.19 bits per heavy atom. The largest absolute Gasteiger partial charge is 0.301 e. The van der Waals surface area contributed by atoms with Gasteiger partial charge < -0.3 is 11.5 Å². The Bertz CT molecular complexity index is 197. The topological polar surface area (TPSA) is 70.5 Å². The van der Waals surface area contributed by atoms with Crippen molar-refractivity contribution >= 4 is 0 Å². The van der Waals surface area contributed by atoms with Crippen LogP contribution in [0.5, 0.6) is 0 Å². The summed E-state index contributed by atoms with van der Waals surface area (Å²) in [6, 6.07) is 0. The maximum absolute atomic E-state index is 6.13. The molecule has 0 spiro atoms. The Labute approximate surface area is 97.6 Å². The molecule has 0 heterocycles. The van der Waals surface area contributed by atoms with Gasteiger partial charge in [-0.05, 0) is 51.4 Å². The third kappa shape index (κ3) is 3.17. The van der Waals surface area contributed by atoms with E-state index in [2.05, 4.69) is 0 Å². The molecule has 16 heavy (non-hydrogen) atoms. The SMILES string of the molecule is NC1(OOC2(N)CCCCC2)CCCCC1. The van der Waals surface area contributed by atoms with Crippen LogP contribution in [0.15, 0.2) is 0 Å². The smallest absolute Gasteiger partial charge is 0.151 e. The van der Waals surface area contributed by atoms with Crippen molar-refractivity contribution in [2.45, 2.75) is 75.7 Å². The van der Waals surface area contributed by atoms with Crippen molar-refractivity contribution in [3.63, 3.8) is 0 Å². The van der Waals surface area contributed by atoms with Gasteiger partial charge in [-0.15, -0.1) is 0 Å². The molecule has 0 bridgehead atoms. The maximum Gasteiger partial charge on any atom is 0.151 e. The molecule has 2 saturated carbocycles. The zero-order chi connectivity index (χ0) is 11.5. The minimum Gasteiger partial charge on any atom is -0.301 e. The molecule has 2 rings (SSSR count). The van der Waals surface area contributed by atoms with E-state index in [1.54, 1.807) is 0 Å². The second-order valence-corrected chi connectivity index (χ2v) is 5.42. The molecular weight excluding hydrogens is 204 g/mol. The van der Waals surface area contributed by atoms with Crippen LogP contribution in [0.25, 0.3) is 0 Å². The molecule has 0 unspecified atom stereocenters. The van der Waals surface area contributed by atoms with Gasteiger partial charge in [0.1, 0.15) is 0 Å². The third-order valence-corrected chi connectivity index (χ3v) is 3.77. The van der Waals surface area contributed by atoms with Crippen LogP contribution >= 0.6 is 0 Å². The van der Waals surface area contributed by atoms with Crippen molar-refractivity contribution in [1.29, 1.82) is 0 Å². The van der Waals surface area contributed by atoms with Crippen LogP contribution in [-0.2, 0) is 9.78 Å². The first-order valence-electron chi connectivity index (χ1n) is 6.57. The van der Waals surface area contributed by atoms with E-state index >= 15 is 0 Å². The van der Waals surface area contributed by atoms with Gasteiger partial charge in [0.2, 0.25) is 0 Å². The molecule has 0 atom stereocenters. The first-order chi connectivity index (χ1) is 7.62. The summed E-state index contributed by atoms with van der Waals surface area (Å²) in [7, 11) is 0. The molecule has 0 radical (unpaired) electrons. The summed E-state index contributed by atoms with van der Waals surface area (Å²) in [6.45, 7) is 0. The molecule has 4 N–H and O–H groups in total. The highest BCUT2D eigenvalue weighted by Crippen LogP contribution is 2.32. The summed E-state index contributed by atoms with van der Waals surface area (Å²) in [5.74, 6) is 0. The fraction of sp³-hybridized carbons (Fsp3) is 1.00. The lowest BCUT2D eigenvalue weighted by molar-refractivity contribution is -0.421. The number of hydrogen-bond donors (Lipinski definition) is 2. The molecule has 0 aromatic rings. The van der Waals surface area contributed by atoms with Crippen LogP contribution in [0.4, 0.5) is 0 Å². The Balaban J connectivity index is 1.80. The van der Waals surface area contributed by atoms with Crippen molar-refractivity contribution in [3.05, 3.63) is 0 Å². The van der Waals surface area contributed by atoms with E-state index in [1.807, 2.05) is 0 Å². The number of hydrogen-bond acceptors (Lipinski definition) is 4. The Morgan fingerprint density at radius 2 is 0.875 bits per heavy atom. The molecule has 0 amide bonds. The van der Waals surface area contributed by atoms with Gasteiger partial charge in [0.15, 0.2) is 11.4 Å². The van der Waals surface area contributed by atoms with Crippen LogP contribution in [0, 0.1) is 0 Å². The quantitative estimate of drug-likeness (QED) is 0.441. The average Bonchev–Trinajstić information content (AvgIpc) is 2.29. The summed E-state index contributed by atoms with van der Waals surface area (Å²) in [5.41, 5.74) is 11.1. The lowest BCUT2D eigenvalue weighted by Crippen LogP contribution is -2.51. The molecule has 0 aromatic carbocycles. The van der Waals surface area contributed by atoms with Gasteiger partial charge in [-0.3, -0.25) is 0 Å². The van der Waals surface area contributed by atoms with Gasteiger partial charge >= 0.3 is 0 Å². The van der Waals surface area contributed by atoms with Gasteiger partial charge in [0.25, 0.3) is 0 Å². The summed E-state index contributed by atoms with van der Waals surface area (Å²) in [4.78, 5) is 10.9. The van der Waals surface area contributed by atoms with E-state index in [1.165, 1.54) is 12.8 Å². The van der Waals surface area contributed by atoms with Gasteiger partial charge in [-0.1, -0.05) is 12.8 Å². The van der Waals surface area contributed by atoms with Gasteiger partial charge in [0.05, 0.1) is 0 Å². The molecule has 0 aliphatic heterocycles. The Morgan fingerprint density at radius 1 is 0.562 bits per heavy atom. The van der Waals surface area contributed by atoms with Gasteiger partial charge in [-0.2, -0.15) is 0 Å². The Hall–Kier alpha value is -0.160. The summed E-state index contributed by atoms with van der Waals surface area (Å²) in [6.07, 6.45) is 10.5. The van der Waals surface area contributed by atoms with Crippen LogP contribution in [0.3, 0.4) is 0 Å². The monoisotopic (exact) mass is 228 g/mol. The number of nitrogens with two attached hydrogens (primary N) is 2. The van der Waals surface area contributed by atoms with Crippen LogP contribution in [0.2, 0.25) is 0 Å². The molecule has 2 aliphatic carbocycles. The molecular formula is C12H24N2O2. The first kappa shape index (κ1) is 12.3. The molecule has 94 valence electrons. The van der Waals surface area contributed by atoms with E-state index in [4.69, 9.17) is 21.2 Å². The molecule has 4 heteroatoms. The van der Waals surface area contributed by atoms with Crippen molar-refractivity contribution in [3.8, 4) is 0 Å². The Kier molecular flexibility index (Phi) is 3.85. The highest BCUT2D eigenvalue weighted by molar-refractivity contribution is 4.79. The van der Waals surface area contributed by atoms with E-state index < -0.39 is 11.4 Å². The normalized spacial score (nSPS) is 28.9. The van der Waals surface area contributed by atoms with Crippen LogP contribution in [-0.4, -0.2) is 11.4 Å². The van der Waals surface area contributed by atoms with Crippen molar-refractivity contribution in [2.75, 3.05) is 0 Å². The minimum absolute atomic E-state index is 0.595. The first-order valence-corrected chi connectivity index (χ1v) is 6.57. The molecule has 2 fully saturated rings. The fourth-order valence-electron chi connectivity index (χ4n) is 2.63. The van der Waals surface area contributed by atoms with Crippen molar-refractivity contribution in [1.82, 2.24) is 0 Å². The zero-order valence-electron chi connectivity index (χ0n) is 10.0. The second-order valence-electron chi connectivity index (χ2n) is 5.42. The lowest BCUT2D eigenvalue weighted by Gasteiger charge is -2.37. The van der Waals surface area contributed by atoms with E-state index in [0.29, 0.717) is 0 Å². The lowest BCUT2D eigenvalue weighted by atomic mass is 9.92. The fourth-order valence-corrected chi connectivity index (χ4v) is 2.63. The third-order valence-electron chi connectivity index (χ3n) is 3.77. The van der Waals surface area contributed by atoms with E-state index in [0.717, 1.165) is 51.4 Å². The van der Waals surface area contributed by atoms with Crippen LogP contribution in [0.1, 0.15) is 64.2 Å². The molecule has 2 aliphatic rings. The molecule has 0 aromatic heterocycles. The predicted octanol–water partition coefficient (Wildman–Crippen LogP) is 2.17. The van der Waals surface area contributed by atoms with Gasteiger partial charge in [0, 0.05) is 0 Å². The number of rotatable bonds is 3. The highest BCUT2D eigenvalue weighted by atomic mass is 17.2. The van der Waals surface area contributed by atoms with Crippen molar-refractivity contribution in [2.24, 2.45) is 11.5 Å². The highest BCUT2D eigenvalue weighted by Gasteiger charge is 2.35. The predicted molar refractivity (Wildman–Crippen MR) is 62.2 cm³/mol. The summed E-state index contributed by atoms with van der Waals surface area (Å²) >= 11 is 0. The standard InChI is InChI=1S/C12H24N2O2/c13-11(7-3-1-4-8-11)15-16-12(14)9-5-2-6-10-12/h1-10,13-14H2. The van der Waals surface area contributed by atoms with E-state index in [-0.39, 0.29) is 0 Å². The summed E-state index contributed by atoms with van der Waals surface area (Å²) in [5, 5.41) is 0. The van der Waals surface area contributed by atoms with Crippen LogP contribution < -0.4 is 11.5 Å². The molecule has 4 nitrogen and oxygen atoms in total. The van der Waals surface area contributed by atoms with Gasteiger partial charge in [-0.25, -0.2) is 9.78 Å². The average molecular weight is 228 g/mol. The molecule has 0 saturated heterocycles. The van der Waals surface area contributed by atoms with E-state index in [9.17, 15) is 0 Å². The van der Waals surface area contributed by atoms with Crippen molar-refractivity contribution < 1.29 is 9.78 Å². The minimum atomic E-state index is -0.595. The zero-order valence-corrected chi connectivity index (χ0v) is 10.0. The summed E-state index contributed by atoms with van der Waals surface area (Å²) < 4.78 is 0. The second kappa shape index (κ2) is 5.00. The maximum atomic E-state index is 6.13.